The molecule has 9 nitrogen and oxygen atoms in total. The summed E-state index contributed by atoms with van der Waals surface area (Å²) in [7, 11) is 1.24. The molecule has 3 aromatic rings. The van der Waals surface area contributed by atoms with Gasteiger partial charge in [0.15, 0.2) is 22.5 Å². The number of fused-ring (bicyclic) bond motifs is 1. The molecule has 0 bridgehead atoms. The molecule has 5 rings (SSSR count). The molecular formula is C26H22ClF2N5O4S. The molecule has 0 fully saturated rings. The Morgan fingerprint density at radius 2 is 2.10 bits per heavy atom. The number of carbonyl (C=O) groups is 2. The molecule has 2 aliphatic rings. The van der Waals surface area contributed by atoms with Crippen LogP contribution in [0.15, 0.2) is 46.2 Å². The molecule has 2 unspecified atom stereocenters. The van der Waals surface area contributed by atoms with Gasteiger partial charge in [-0.25, -0.2) is 28.5 Å². The summed E-state index contributed by atoms with van der Waals surface area (Å²) in [6, 6.07) is 1.18. The molecular weight excluding hydrogens is 552 g/mol. The Hall–Kier alpha value is -3.77. The zero-order chi connectivity index (χ0) is 27.7. The first-order valence-corrected chi connectivity index (χ1v) is 13.3. The fourth-order valence-corrected chi connectivity index (χ4v) is 5.63. The fraction of sp³-hybridized carbons (Fsp3) is 0.308. The van der Waals surface area contributed by atoms with Crippen LogP contribution in [0.4, 0.5) is 8.78 Å². The van der Waals surface area contributed by atoms with E-state index in [2.05, 4.69) is 25.3 Å². The number of aromatic nitrogens is 3. The molecule has 0 saturated carbocycles. The van der Waals surface area contributed by atoms with Gasteiger partial charge >= 0.3 is 11.9 Å². The van der Waals surface area contributed by atoms with Gasteiger partial charge in [-0.2, -0.15) is 0 Å². The second-order valence-electron chi connectivity index (χ2n) is 9.02. The summed E-state index contributed by atoms with van der Waals surface area (Å²) in [6.45, 7) is 0. The number of carbonyl (C=O) groups excluding carboxylic acids is 1. The van der Waals surface area contributed by atoms with E-state index in [0.717, 1.165) is 17.3 Å². The Labute approximate surface area is 230 Å². The first kappa shape index (κ1) is 26.8. The first-order valence-electron chi connectivity index (χ1n) is 12.0. The molecule has 0 radical (unpaired) electrons. The average Bonchev–Trinajstić information content (AvgIpc) is 3.49. The second-order valence-corrected chi connectivity index (χ2v) is 10.3. The van der Waals surface area contributed by atoms with Crippen molar-refractivity contribution in [3.63, 3.8) is 0 Å². The number of aliphatic carboxylic acids is 1. The van der Waals surface area contributed by atoms with Crippen molar-refractivity contribution in [1.82, 2.24) is 20.3 Å². The van der Waals surface area contributed by atoms with Gasteiger partial charge in [0.2, 0.25) is 0 Å². The molecule has 3 heterocycles. The number of hydrogen-bond donors (Lipinski definition) is 2. The summed E-state index contributed by atoms with van der Waals surface area (Å²) >= 11 is 7.56. The largest absolute Gasteiger partial charge is 0.481 e. The summed E-state index contributed by atoms with van der Waals surface area (Å²) in [5.74, 6) is -3.34. The van der Waals surface area contributed by atoms with Gasteiger partial charge in [-0.3, -0.25) is 9.79 Å². The number of benzene rings is 1. The zero-order valence-corrected chi connectivity index (χ0v) is 22.2. The molecule has 39 heavy (non-hydrogen) atoms. The molecule has 13 heteroatoms. The minimum atomic E-state index is -1.23. The van der Waals surface area contributed by atoms with E-state index in [0.29, 0.717) is 41.6 Å². The van der Waals surface area contributed by atoms with Crippen LogP contribution in [-0.2, 0) is 33.6 Å². The highest BCUT2D eigenvalue weighted by Gasteiger charge is 2.38. The normalized spacial score (nSPS) is 18.7. The summed E-state index contributed by atoms with van der Waals surface area (Å²) in [6.07, 6.45) is 5.09. The van der Waals surface area contributed by atoms with Crippen LogP contribution in [0, 0.1) is 17.6 Å². The SMILES string of the molecule is COC(=O)C1=C(C2CCc3nc(CCC(=O)O)ncc3C2)NC(c2nccs2)=NC1c1ccc(F)c(F)c1Cl. The van der Waals surface area contributed by atoms with E-state index in [1.807, 2.05) is 0 Å². The van der Waals surface area contributed by atoms with E-state index in [-0.39, 0.29) is 29.9 Å². The number of aliphatic imine (C=N–C) groups is 1. The number of methoxy groups -OCH3 is 1. The van der Waals surface area contributed by atoms with Crippen molar-refractivity contribution in [3.05, 3.63) is 85.5 Å². The van der Waals surface area contributed by atoms with Gasteiger partial charge in [-0.15, -0.1) is 11.3 Å². The van der Waals surface area contributed by atoms with Crippen molar-refractivity contribution in [2.24, 2.45) is 10.9 Å². The van der Waals surface area contributed by atoms with Gasteiger partial charge in [0.05, 0.1) is 24.1 Å². The lowest BCUT2D eigenvalue weighted by molar-refractivity contribution is -0.137. The maximum absolute atomic E-state index is 14.5. The van der Waals surface area contributed by atoms with Crippen LogP contribution in [-0.4, -0.2) is 44.9 Å². The third kappa shape index (κ3) is 5.39. The number of nitrogens with zero attached hydrogens (tertiary/aromatic N) is 4. The topological polar surface area (TPSA) is 127 Å². The summed E-state index contributed by atoms with van der Waals surface area (Å²) < 4.78 is 33.5. The molecule has 0 amide bonds. The smallest absolute Gasteiger partial charge is 0.338 e. The van der Waals surface area contributed by atoms with Crippen LogP contribution in [0.1, 0.15) is 46.5 Å². The molecule has 0 spiro atoms. The minimum Gasteiger partial charge on any atom is -0.481 e. The number of aryl methyl sites for hydroxylation is 2. The Kier molecular flexibility index (Phi) is 7.67. The summed E-state index contributed by atoms with van der Waals surface area (Å²) in [5.41, 5.74) is 2.47. The maximum atomic E-state index is 14.5. The molecule has 1 aromatic carbocycles. The Morgan fingerprint density at radius 1 is 1.28 bits per heavy atom. The quantitative estimate of drug-likeness (QED) is 0.318. The fourth-order valence-electron chi connectivity index (χ4n) is 4.78. The molecule has 2 atom stereocenters. The van der Waals surface area contributed by atoms with E-state index >= 15 is 0 Å². The Bertz CT molecular complexity index is 1510. The molecule has 2 N–H and O–H groups in total. The lowest BCUT2D eigenvalue weighted by Crippen LogP contribution is -2.38. The second kappa shape index (κ2) is 11.1. The monoisotopic (exact) mass is 573 g/mol. The van der Waals surface area contributed by atoms with Gasteiger partial charge < -0.3 is 15.2 Å². The molecule has 1 aliphatic heterocycles. The molecule has 2 aromatic heterocycles. The number of halogens is 3. The van der Waals surface area contributed by atoms with Crippen LogP contribution in [0.5, 0.6) is 0 Å². The lowest BCUT2D eigenvalue weighted by Gasteiger charge is -2.33. The Morgan fingerprint density at radius 3 is 2.82 bits per heavy atom. The van der Waals surface area contributed by atoms with Gasteiger partial charge in [0, 0.05) is 47.1 Å². The number of thiazole rings is 1. The third-order valence-electron chi connectivity index (χ3n) is 6.65. The number of rotatable bonds is 7. The van der Waals surface area contributed by atoms with Crippen LogP contribution in [0.25, 0.3) is 0 Å². The number of carboxylic acids is 1. The number of carboxylic acid groups (broad SMARTS) is 1. The van der Waals surface area contributed by atoms with Crippen LogP contribution < -0.4 is 5.32 Å². The van der Waals surface area contributed by atoms with E-state index < -0.39 is 34.6 Å². The molecule has 202 valence electrons. The van der Waals surface area contributed by atoms with Crippen LogP contribution in [0.3, 0.4) is 0 Å². The number of allylic oxidation sites excluding steroid dienone is 1. The van der Waals surface area contributed by atoms with Crippen LogP contribution >= 0.6 is 22.9 Å². The highest BCUT2D eigenvalue weighted by molar-refractivity contribution is 7.11. The maximum Gasteiger partial charge on any atom is 0.338 e. The number of esters is 1. The van der Waals surface area contributed by atoms with E-state index in [1.165, 1.54) is 24.5 Å². The lowest BCUT2D eigenvalue weighted by atomic mass is 9.81. The number of amidine groups is 1. The molecule has 1 aliphatic carbocycles. The van der Waals surface area contributed by atoms with Crippen molar-refractivity contribution >= 4 is 40.7 Å². The highest BCUT2D eigenvalue weighted by Crippen LogP contribution is 2.41. The Balaban J connectivity index is 1.58. The number of ether oxygens (including phenoxy) is 1. The van der Waals surface area contributed by atoms with Crippen molar-refractivity contribution in [1.29, 1.82) is 0 Å². The minimum absolute atomic E-state index is 0.0620. The van der Waals surface area contributed by atoms with Gasteiger partial charge in [0.25, 0.3) is 0 Å². The van der Waals surface area contributed by atoms with Gasteiger partial charge in [-0.1, -0.05) is 17.7 Å². The highest BCUT2D eigenvalue weighted by atomic mass is 35.5. The summed E-state index contributed by atoms with van der Waals surface area (Å²) in [4.78, 5) is 42.0. The third-order valence-corrected chi connectivity index (χ3v) is 7.81. The van der Waals surface area contributed by atoms with Gasteiger partial charge in [-0.05, 0) is 30.9 Å². The molecule has 0 saturated heterocycles. The number of nitrogens with one attached hydrogen (secondary N) is 1. The predicted octanol–water partition coefficient (Wildman–Crippen LogP) is 4.21. The van der Waals surface area contributed by atoms with Crippen LogP contribution in [0.2, 0.25) is 5.02 Å². The van der Waals surface area contributed by atoms with E-state index in [4.69, 9.17) is 21.4 Å². The van der Waals surface area contributed by atoms with Crippen molar-refractivity contribution in [2.45, 2.75) is 38.1 Å². The van der Waals surface area contributed by atoms with Crippen molar-refractivity contribution in [3.8, 4) is 0 Å². The van der Waals surface area contributed by atoms with Crippen molar-refractivity contribution in [2.75, 3.05) is 7.11 Å². The summed E-state index contributed by atoms with van der Waals surface area (Å²) in [5, 5.41) is 14.1. The average molecular weight is 574 g/mol. The zero-order valence-electron chi connectivity index (χ0n) is 20.6. The van der Waals surface area contributed by atoms with E-state index in [1.54, 1.807) is 17.8 Å². The van der Waals surface area contributed by atoms with E-state index in [9.17, 15) is 18.4 Å². The van der Waals surface area contributed by atoms with Crippen molar-refractivity contribution < 1.29 is 28.2 Å². The first-order chi connectivity index (χ1) is 18.8. The number of hydrogen-bond acceptors (Lipinski definition) is 9. The predicted molar refractivity (Wildman–Crippen MR) is 138 cm³/mol. The van der Waals surface area contributed by atoms with Gasteiger partial charge in [0.1, 0.15) is 11.9 Å². The standard InChI is InChI=1S/C26H22ClF2N5O4S/c1-38-26(37)19-22(12-2-5-16-13(10-12)11-31-17(32-16)6-7-18(35)36)33-24(25-30-8-9-39-25)34-23(19)14-3-4-15(28)21(29)20(14)27/h3-4,8-9,11-12,23H,2,5-7,10H2,1H3,(H,33,34)(H,35,36).